The van der Waals surface area contributed by atoms with E-state index in [1.807, 2.05) is 37.3 Å². The Kier molecular flexibility index (Phi) is 12.6. The van der Waals surface area contributed by atoms with Gasteiger partial charge in [-0.15, -0.1) is 5.10 Å². The van der Waals surface area contributed by atoms with Crippen molar-refractivity contribution in [3.8, 4) is 17.2 Å². The maximum Gasteiger partial charge on any atom is 0.267 e. The highest BCUT2D eigenvalue weighted by Gasteiger charge is 2.34. The lowest BCUT2D eigenvalue weighted by Gasteiger charge is -2.13. The Labute approximate surface area is 328 Å². The van der Waals surface area contributed by atoms with Gasteiger partial charge in [0.2, 0.25) is 0 Å². The number of nitrogens with zero attached hydrogens (tertiary/aromatic N) is 3. The number of hydrogen-bond acceptors (Lipinski definition) is 9. The van der Waals surface area contributed by atoms with Gasteiger partial charge in [0.25, 0.3) is 11.8 Å². The summed E-state index contributed by atoms with van der Waals surface area (Å²) in [4.78, 5) is 28.3. The number of amides is 2. The standard InChI is InChI=1S/C39H31BrCl2N4O6S/c1-24-5-11-30(12-6-24)44-37(47)23-52-33-14-9-28(40)17-27(33)18-36-38(48)46(21-31-4-3-15-50-31)39(53-36)45-43-20-25-7-13-34(35(16-25)49-2)51-22-26-8-10-29(41)19-32(26)42/h3-20H,21-23H2,1-2H3,(H,44,47)/b36-18-,43-20-,45-39+. The fourth-order valence-electron chi connectivity index (χ4n) is 4.99. The Morgan fingerprint density at radius 1 is 0.981 bits per heavy atom. The molecule has 1 saturated heterocycles. The van der Waals surface area contributed by atoms with Gasteiger partial charge in [0, 0.05) is 31.3 Å². The van der Waals surface area contributed by atoms with Crippen molar-refractivity contribution in [1.82, 2.24) is 4.90 Å². The molecule has 0 bridgehead atoms. The molecule has 14 heteroatoms. The van der Waals surface area contributed by atoms with Crippen LogP contribution >= 0.6 is 50.9 Å². The number of carbonyl (C=O) groups is 2. The number of nitrogens with one attached hydrogen (secondary N) is 1. The molecule has 1 fully saturated rings. The van der Waals surface area contributed by atoms with Gasteiger partial charge in [-0.25, -0.2) is 0 Å². The van der Waals surface area contributed by atoms with Gasteiger partial charge >= 0.3 is 0 Å². The molecule has 0 aliphatic carbocycles. The number of rotatable bonds is 13. The summed E-state index contributed by atoms with van der Waals surface area (Å²) in [6, 6.07) is 26.9. The predicted molar refractivity (Wildman–Crippen MR) is 213 cm³/mol. The SMILES string of the molecule is COc1cc(/C=N\N=C2\S/C(=C\c3cc(Br)ccc3OCC(=O)Nc3ccc(C)cc3)C(=O)N2Cc2ccco2)ccc1OCc1ccc(Cl)cc1Cl. The molecule has 0 unspecified atom stereocenters. The van der Waals surface area contributed by atoms with Crippen LogP contribution in [0.1, 0.15) is 28.0 Å². The van der Waals surface area contributed by atoms with E-state index in [2.05, 4.69) is 31.4 Å². The second-order valence-electron chi connectivity index (χ2n) is 11.5. The van der Waals surface area contributed by atoms with E-state index in [1.165, 1.54) is 4.90 Å². The predicted octanol–water partition coefficient (Wildman–Crippen LogP) is 9.77. The minimum atomic E-state index is -0.318. The van der Waals surface area contributed by atoms with Gasteiger partial charge in [-0.3, -0.25) is 14.5 Å². The van der Waals surface area contributed by atoms with Crippen LogP contribution < -0.4 is 19.5 Å². The highest BCUT2D eigenvalue weighted by molar-refractivity contribution is 9.10. The molecule has 0 saturated carbocycles. The van der Waals surface area contributed by atoms with Crippen molar-refractivity contribution in [2.75, 3.05) is 19.0 Å². The van der Waals surface area contributed by atoms with E-state index >= 15 is 0 Å². The Bertz CT molecular complexity index is 2210. The lowest BCUT2D eigenvalue weighted by Crippen LogP contribution is -2.28. The largest absolute Gasteiger partial charge is 0.493 e. The Hall–Kier alpha value is -5.01. The number of benzene rings is 4. The van der Waals surface area contributed by atoms with Crippen molar-refractivity contribution in [2.24, 2.45) is 10.2 Å². The average Bonchev–Trinajstić information content (AvgIpc) is 3.76. The maximum absolute atomic E-state index is 13.8. The first-order chi connectivity index (χ1) is 25.6. The van der Waals surface area contributed by atoms with E-state index in [-0.39, 0.29) is 31.6 Å². The summed E-state index contributed by atoms with van der Waals surface area (Å²) in [7, 11) is 1.54. The number of carbonyl (C=O) groups excluding carboxylic acids is 2. The zero-order valence-corrected chi connectivity index (χ0v) is 32.3. The van der Waals surface area contributed by atoms with Gasteiger partial charge in [-0.1, -0.05) is 62.9 Å². The monoisotopic (exact) mass is 832 g/mol. The van der Waals surface area contributed by atoms with Crippen LogP contribution in [-0.2, 0) is 22.7 Å². The van der Waals surface area contributed by atoms with Crippen LogP contribution in [0.2, 0.25) is 10.0 Å². The first-order valence-electron chi connectivity index (χ1n) is 16.0. The quantitative estimate of drug-likeness (QED) is 0.0714. The summed E-state index contributed by atoms with van der Waals surface area (Å²) in [5, 5.41) is 12.9. The average molecular weight is 835 g/mol. The molecule has 53 heavy (non-hydrogen) atoms. The smallest absolute Gasteiger partial charge is 0.267 e. The summed E-state index contributed by atoms with van der Waals surface area (Å²) in [5.74, 6) is 1.38. The lowest BCUT2D eigenvalue weighted by atomic mass is 10.2. The minimum absolute atomic E-state index is 0.142. The Morgan fingerprint density at radius 2 is 1.79 bits per heavy atom. The molecule has 0 spiro atoms. The first kappa shape index (κ1) is 37.7. The van der Waals surface area contributed by atoms with Crippen molar-refractivity contribution in [2.45, 2.75) is 20.1 Å². The van der Waals surface area contributed by atoms with Gasteiger partial charge in [0.1, 0.15) is 18.1 Å². The van der Waals surface area contributed by atoms with Gasteiger partial charge in [-0.2, -0.15) is 5.10 Å². The minimum Gasteiger partial charge on any atom is -0.493 e. The second kappa shape index (κ2) is 17.7. The number of thioether (sulfide) groups is 1. The van der Waals surface area contributed by atoms with Gasteiger partial charge in [0.15, 0.2) is 23.3 Å². The maximum atomic E-state index is 13.8. The van der Waals surface area contributed by atoms with Crippen molar-refractivity contribution < 1.29 is 28.2 Å². The number of aryl methyl sites for hydroxylation is 1. The molecule has 2 heterocycles. The van der Waals surface area contributed by atoms with Crippen LogP contribution in [0.15, 0.2) is 121 Å². The molecule has 270 valence electrons. The molecule has 1 aromatic heterocycles. The normalized spacial score (nSPS) is 14.4. The third-order valence-electron chi connectivity index (χ3n) is 7.67. The van der Waals surface area contributed by atoms with Gasteiger partial charge in [0.05, 0.1) is 31.0 Å². The number of hydrogen-bond donors (Lipinski definition) is 1. The van der Waals surface area contributed by atoms with Gasteiger partial charge in [-0.05, 0) is 103 Å². The number of amidine groups is 1. The molecular weight excluding hydrogens is 803 g/mol. The summed E-state index contributed by atoms with van der Waals surface area (Å²) in [6.45, 7) is 2.11. The summed E-state index contributed by atoms with van der Waals surface area (Å²) in [5.41, 5.74) is 3.81. The summed E-state index contributed by atoms with van der Waals surface area (Å²) in [6.07, 6.45) is 4.79. The number of methoxy groups -OCH3 is 1. The van der Waals surface area contributed by atoms with Crippen LogP contribution in [0.5, 0.6) is 17.2 Å². The third kappa shape index (κ3) is 10.1. The molecule has 0 atom stereocenters. The van der Waals surface area contributed by atoms with Crippen LogP contribution in [0.4, 0.5) is 5.69 Å². The van der Waals surface area contributed by atoms with E-state index < -0.39 is 0 Å². The van der Waals surface area contributed by atoms with E-state index in [4.69, 9.17) is 41.8 Å². The topological polar surface area (TPSA) is 115 Å². The summed E-state index contributed by atoms with van der Waals surface area (Å²) < 4.78 is 23.7. The second-order valence-corrected chi connectivity index (χ2v) is 14.3. The molecule has 5 aromatic rings. The molecule has 2 amide bonds. The van der Waals surface area contributed by atoms with Crippen molar-refractivity contribution >= 4 is 85.9 Å². The number of furan rings is 1. The number of ether oxygens (including phenoxy) is 3. The lowest BCUT2D eigenvalue weighted by molar-refractivity contribution is -0.122. The fourth-order valence-corrected chi connectivity index (χ4v) is 6.75. The molecule has 1 aliphatic heterocycles. The first-order valence-corrected chi connectivity index (χ1v) is 18.4. The Balaban J connectivity index is 1.19. The van der Waals surface area contributed by atoms with Crippen LogP contribution in [0, 0.1) is 6.92 Å². The molecule has 1 N–H and O–H groups in total. The van der Waals surface area contributed by atoms with Crippen molar-refractivity contribution in [3.63, 3.8) is 0 Å². The van der Waals surface area contributed by atoms with Crippen LogP contribution in [0.25, 0.3) is 6.08 Å². The highest BCUT2D eigenvalue weighted by Crippen LogP contribution is 2.36. The fraction of sp³-hybridized carbons (Fsp3) is 0.128. The zero-order chi connectivity index (χ0) is 37.3. The molecular formula is C39H31BrCl2N4O6S. The van der Waals surface area contributed by atoms with Crippen LogP contribution in [-0.4, -0.2) is 41.8 Å². The highest BCUT2D eigenvalue weighted by atomic mass is 79.9. The number of anilines is 1. The van der Waals surface area contributed by atoms with Crippen molar-refractivity contribution in [1.29, 1.82) is 0 Å². The van der Waals surface area contributed by atoms with E-state index in [0.717, 1.165) is 27.4 Å². The Morgan fingerprint density at radius 3 is 2.55 bits per heavy atom. The molecule has 6 rings (SSSR count). The zero-order valence-electron chi connectivity index (χ0n) is 28.3. The van der Waals surface area contributed by atoms with E-state index in [0.29, 0.717) is 59.9 Å². The van der Waals surface area contributed by atoms with Gasteiger partial charge < -0.3 is 23.9 Å². The molecule has 4 aromatic carbocycles. The number of halogens is 3. The third-order valence-corrected chi connectivity index (χ3v) is 9.75. The molecule has 10 nitrogen and oxygen atoms in total. The molecule has 0 radical (unpaired) electrons. The van der Waals surface area contributed by atoms with E-state index in [9.17, 15) is 9.59 Å². The van der Waals surface area contributed by atoms with Crippen LogP contribution in [0.3, 0.4) is 0 Å². The van der Waals surface area contributed by atoms with Crippen molar-refractivity contribution in [3.05, 3.63) is 145 Å². The molecule has 1 aliphatic rings. The summed E-state index contributed by atoms with van der Waals surface area (Å²) >= 11 is 17.0. The van der Waals surface area contributed by atoms with E-state index in [1.54, 1.807) is 86.3 Å².